The highest BCUT2D eigenvalue weighted by molar-refractivity contribution is 5.85. The Morgan fingerprint density at radius 1 is 1.17 bits per heavy atom. The molecule has 4 nitrogen and oxygen atoms in total. The normalized spacial score (nSPS) is 33.2. The van der Waals surface area contributed by atoms with Crippen LogP contribution in [0.4, 0.5) is 0 Å². The second-order valence-electron chi connectivity index (χ2n) is 9.62. The Bertz CT molecular complexity index is 729. The van der Waals surface area contributed by atoms with Crippen LogP contribution in [0.1, 0.15) is 52.0 Å². The molecule has 0 bridgehead atoms. The Morgan fingerprint density at radius 3 is 2.72 bits per heavy atom. The summed E-state index contributed by atoms with van der Waals surface area (Å²) < 4.78 is 12.1. The van der Waals surface area contributed by atoms with E-state index in [2.05, 4.69) is 56.0 Å². The summed E-state index contributed by atoms with van der Waals surface area (Å²) in [7, 11) is 0. The summed E-state index contributed by atoms with van der Waals surface area (Å²) in [5.74, 6) is 1.91. The van der Waals surface area contributed by atoms with Crippen LogP contribution >= 0.6 is 0 Å². The van der Waals surface area contributed by atoms with Gasteiger partial charge in [-0.3, -0.25) is 4.90 Å². The zero-order valence-electron chi connectivity index (χ0n) is 18.0. The molecule has 0 aromatic heterocycles. The number of nitrogens with zero attached hydrogens (tertiary/aromatic N) is 1. The summed E-state index contributed by atoms with van der Waals surface area (Å²) in [6.45, 7) is 9.85. The van der Waals surface area contributed by atoms with Gasteiger partial charge in [0, 0.05) is 30.7 Å². The number of esters is 1. The SMILES string of the molecule is CC(C)[C@@H]1CC[C@@H](C)C[C@H]1O[C@H]1OC(=O)C=C1[C@H]1CCN(Cc2ccccc2)C1. The van der Waals surface area contributed by atoms with E-state index in [0.717, 1.165) is 38.0 Å². The third-order valence-corrected chi connectivity index (χ3v) is 7.03. The van der Waals surface area contributed by atoms with Crippen LogP contribution in [0.2, 0.25) is 0 Å². The van der Waals surface area contributed by atoms with E-state index < -0.39 is 6.29 Å². The molecule has 0 amide bonds. The first kappa shape index (κ1) is 20.6. The Balaban J connectivity index is 1.40. The van der Waals surface area contributed by atoms with E-state index in [1.807, 2.05) is 0 Å². The molecule has 4 rings (SSSR count). The van der Waals surface area contributed by atoms with E-state index in [1.54, 1.807) is 6.08 Å². The van der Waals surface area contributed by atoms with Crippen molar-refractivity contribution in [3.63, 3.8) is 0 Å². The monoisotopic (exact) mass is 397 g/mol. The molecule has 0 unspecified atom stereocenters. The lowest BCUT2D eigenvalue weighted by Gasteiger charge is -2.38. The van der Waals surface area contributed by atoms with Crippen LogP contribution in [0.25, 0.3) is 0 Å². The lowest BCUT2D eigenvalue weighted by Crippen LogP contribution is -2.38. The number of ether oxygens (including phenoxy) is 2. The van der Waals surface area contributed by atoms with Gasteiger partial charge in [-0.2, -0.15) is 0 Å². The molecule has 1 saturated heterocycles. The smallest absolute Gasteiger partial charge is 0.333 e. The molecule has 29 heavy (non-hydrogen) atoms. The third-order valence-electron chi connectivity index (χ3n) is 7.03. The van der Waals surface area contributed by atoms with Gasteiger partial charge < -0.3 is 9.47 Å². The zero-order valence-corrected chi connectivity index (χ0v) is 18.0. The van der Waals surface area contributed by atoms with Gasteiger partial charge in [-0.05, 0) is 49.1 Å². The van der Waals surface area contributed by atoms with Crippen molar-refractivity contribution in [2.75, 3.05) is 13.1 Å². The van der Waals surface area contributed by atoms with Gasteiger partial charge in [0.2, 0.25) is 6.29 Å². The predicted octanol–water partition coefficient (Wildman–Crippen LogP) is 4.80. The number of cyclic esters (lactones) is 1. The summed E-state index contributed by atoms with van der Waals surface area (Å²) in [5.41, 5.74) is 2.40. The first-order valence-corrected chi connectivity index (χ1v) is 11.3. The lowest BCUT2D eigenvalue weighted by molar-refractivity contribution is -0.182. The molecule has 3 aliphatic rings. The first-order valence-electron chi connectivity index (χ1n) is 11.3. The quantitative estimate of drug-likeness (QED) is 0.647. The van der Waals surface area contributed by atoms with Crippen molar-refractivity contribution in [1.29, 1.82) is 0 Å². The maximum Gasteiger partial charge on any atom is 0.333 e. The molecular weight excluding hydrogens is 362 g/mol. The van der Waals surface area contributed by atoms with Gasteiger partial charge in [-0.1, -0.05) is 57.5 Å². The fourth-order valence-corrected chi connectivity index (χ4v) is 5.35. The topological polar surface area (TPSA) is 38.8 Å². The number of likely N-dealkylation sites (tertiary alicyclic amines) is 1. The molecule has 2 aliphatic heterocycles. The van der Waals surface area contributed by atoms with E-state index in [0.29, 0.717) is 23.7 Å². The van der Waals surface area contributed by atoms with E-state index in [-0.39, 0.29) is 12.1 Å². The van der Waals surface area contributed by atoms with Crippen molar-refractivity contribution >= 4 is 5.97 Å². The van der Waals surface area contributed by atoms with Gasteiger partial charge in [0.05, 0.1) is 6.10 Å². The van der Waals surface area contributed by atoms with Gasteiger partial charge >= 0.3 is 5.97 Å². The molecule has 0 spiro atoms. The molecule has 4 heteroatoms. The highest BCUT2D eigenvalue weighted by atomic mass is 16.7. The molecule has 5 atom stereocenters. The third kappa shape index (κ3) is 4.92. The largest absolute Gasteiger partial charge is 0.428 e. The van der Waals surface area contributed by atoms with Crippen molar-refractivity contribution in [3.8, 4) is 0 Å². The van der Waals surface area contributed by atoms with Gasteiger partial charge in [0.15, 0.2) is 0 Å². The van der Waals surface area contributed by atoms with Crippen LogP contribution in [0.5, 0.6) is 0 Å². The first-order chi connectivity index (χ1) is 14.0. The summed E-state index contributed by atoms with van der Waals surface area (Å²) in [6.07, 6.45) is 6.00. The lowest BCUT2D eigenvalue weighted by atomic mass is 9.75. The Kier molecular flexibility index (Phi) is 6.41. The molecule has 1 aromatic rings. The van der Waals surface area contributed by atoms with Crippen molar-refractivity contribution in [3.05, 3.63) is 47.5 Å². The maximum absolute atomic E-state index is 12.1. The summed E-state index contributed by atoms with van der Waals surface area (Å²) in [4.78, 5) is 14.6. The number of hydrogen-bond acceptors (Lipinski definition) is 4. The highest BCUT2D eigenvalue weighted by Gasteiger charge is 2.40. The van der Waals surface area contributed by atoms with Crippen molar-refractivity contribution in [2.45, 2.75) is 65.4 Å². The number of carbonyl (C=O) groups is 1. The zero-order chi connectivity index (χ0) is 20.4. The highest BCUT2D eigenvalue weighted by Crippen LogP contribution is 2.39. The van der Waals surface area contributed by atoms with Crippen LogP contribution in [0.15, 0.2) is 42.0 Å². The van der Waals surface area contributed by atoms with Crippen molar-refractivity contribution < 1.29 is 14.3 Å². The summed E-state index contributed by atoms with van der Waals surface area (Å²) in [6, 6.07) is 10.6. The number of benzene rings is 1. The van der Waals surface area contributed by atoms with Gasteiger partial charge in [-0.15, -0.1) is 0 Å². The van der Waals surface area contributed by atoms with Crippen LogP contribution in [0.3, 0.4) is 0 Å². The van der Waals surface area contributed by atoms with E-state index in [9.17, 15) is 4.79 Å². The van der Waals surface area contributed by atoms with Crippen LogP contribution in [0, 0.1) is 23.7 Å². The van der Waals surface area contributed by atoms with E-state index >= 15 is 0 Å². The molecule has 1 aliphatic carbocycles. The fraction of sp³-hybridized carbons (Fsp3) is 0.640. The molecule has 1 aromatic carbocycles. The van der Waals surface area contributed by atoms with Crippen molar-refractivity contribution in [1.82, 2.24) is 4.90 Å². The molecule has 2 fully saturated rings. The molecule has 0 N–H and O–H groups in total. The molecular formula is C25H35NO3. The second-order valence-corrected chi connectivity index (χ2v) is 9.62. The van der Waals surface area contributed by atoms with Crippen LogP contribution in [-0.2, 0) is 20.8 Å². The number of carbonyl (C=O) groups excluding carboxylic acids is 1. The Hall–Kier alpha value is -1.65. The van der Waals surface area contributed by atoms with Gasteiger partial charge in [-0.25, -0.2) is 4.79 Å². The maximum atomic E-state index is 12.1. The number of hydrogen-bond donors (Lipinski definition) is 0. The summed E-state index contributed by atoms with van der Waals surface area (Å²) in [5, 5.41) is 0. The Labute approximate surface area is 175 Å². The minimum atomic E-state index is -0.485. The van der Waals surface area contributed by atoms with E-state index in [1.165, 1.54) is 18.4 Å². The van der Waals surface area contributed by atoms with Gasteiger partial charge in [0.1, 0.15) is 0 Å². The predicted molar refractivity (Wildman–Crippen MR) is 114 cm³/mol. The van der Waals surface area contributed by atoms with Gasteiger partial charge in [0.25, 0.3) is 0 Å². The minimum absolute atomic E-state index is 0.180. The van der Waals surface area contributed by atoms with Crippen LogP contribution < -0.4 is 0 Å². The average molecular weight is 398 g/mol. The van der Waals surface area contributed by atoms with Crippen LogP contribution in [-0.4, -0.2) is 36.4 Å². The molecule has 0 radical (unpaired) electrons. The van der Waals surface area contributed by atoms with Crippen molar-refractivity contribution in [2.24, 2.45) is 23.7 Å². The molecule has 1 saturated carbocycles. The summed E-state index contributed by atoms with van der Waals surface area (Å²) >= 11 is 0. The van der Waals surface area contributed by atoms with E-state index in [4.69, 9.17) is 9.47 Å². The molecule has 158 valence electrons. The second kappa shape index (κ2) is 9.01. The molecule has 2 heterocycles. The standard InChI is InChI=1S/C25H35NO3/c1-17(2)21-10-9-18(3)13-23(21)28-25-22(14-24(27)29-25)20-11-12-26(16-20)15-19-7-5-4-6-8-19/h4-8,14,17-18,20-21,23,25H,9-13,15-16H2,1-3H3/t18-,20+,21+,23-,25+/m1/s1. The minimum Gasteiger partial charge on any atom is -0.428 e. The average Bonchev–Trinajstić information content (AvgIpc) is 3.28. The fourth-order valence-electron chi connectivity index (χ4n) is 5.35. The Morgan fingerprint density at radius 2 is 1.97 bits per heavy atom. The number of rotatable bonds is 6.